The van der Waals surface area contributed by atoms with Crippen LogP contribution in [0.15, 0.2) is 59.5 Å². The number of aromatic amines is 1. The SMILES string of the molecule is N#Cc1ccc2c(=O)[nH]cc(-c3ccccc3)c2c1. The van der Waals surface area contributed by atoms with Crippen molar-refractivity contribution in [3.05, 3.63) is 70.6 Å². The summed E-state index contributed by atoms with van der Waals surface area (Å²) in [5.74, 6) is 0. The first kappa shape index (κ1) is 11.2. The summed E-state index contributed by atoms with van der Waals surface area (Å²) >= 11 is 0. The molecule has 2 aromatic carbocycles. The number of pyridine rings is 1. The average Bonchev–Trinajstić information content (AvgIpc) is 2.48. The lowest BCUT2D eigenvalue weighted by atomic mass is 9.99. The van der Waals surface area contributed by atoms with Gasteiger partial charge in [-0.25, -0.2) is 0 Å². The maximum absolute atomic E-state index is 11.8. The number of nitrogens with zero attached hydrogens (tertiary/aromatic N) is 1. The number of rotatable bonds is 1. The second-order valence-electron chi connectivity index (χ2n) is 4.27. The molecule has 0 atom stereocenters. The summed E-state index contributed by atoms with van der Waals surface area (Å²) in [5.41, 5.74) is 2.35. The van der Waals surface area contributed by atoms with Crippen LogP contribution >= 0.6 is 0 Å². The van der Waals surface area contributed by atoms with Crippen molar-refractivity contribution < 1.29 is 0 Å². The lowest BCUT2D eigenvalue weighted by Crippen LogP contribution is -2.05. The number of nitriles is 1. The molecule has 3 aromatic rings. The summed E-state index contributed by atoms with van der Waals surface area (Å²) in [7, 11) is 0. The van der Waals surface area contributed by atoms with E-state index in [9.17, 15) is 4.79 Å². The Morgan fingerprint density at radius 1 is 1.00 bits per heavy atom. The molecule has 3 rings (SSSR count). The van der Waals surface area contributed by atoms with Crippen molar-refractivity contribution in [2.75, 3.05) is 0 Å². The molecule has 0 bridgehead atoms. The van der Waals surface area contributed by atoms with Crippen molar-refractivity contribution in [1.82, 2.24) is 4.98 Å². The Morgan fingerprint density at radius 2 is 1.79 bits per heavy atom. The number of aromatic nitrogens is 1. The van der Waals surface area contributed by atoms with E-state index in [2.05, 4.69) is 11.1 Å². The fourth-order valence-corrected chi connectivity index (χ4v) is 2.18. The van der Waals surface area contributed by atoms with Gasteiger partial charge in [0, 0.05) is 17.1 Å². The maximum atomic E-state index is 11.8. The topological polar surface area (TPSA) is 56.6 Å². The third kappa shape index (κ3) is 1.90. The van der Waals surface area contributed by atoms with Gasteiger partial charge in [-0.15, -0.1) is 0 Å². The molecular formula is C16H10N2O. The second-order valence-corrected chi connectivity index (χ2v) is 4.27. The van der Waals surface area contributed by atoms with Crippen LogP contribution in [0, 0.1) is 11.3 Å². The highest BCUT2D eigenvalue weighted by Crippen LogP contribution is 2.26. The number of fused-ring (bicyclic) bond motifs is 1. The summed E-state index contributed by atoms with van der Waals surface area (Å²) in [4.78, 5) is 14.6. The Hall–Kier alpha value is -2.86. The van der Waals surface area contributed by atoms with Crippen LogP contribution in [0.2, 0.25) is 0 Å². The smallest absolute Gasteiger partial charge is 0.255 e. The van der Waals surface area contributed by atoms with E-state index in [-0.39, 0.29) is 5.56 Å². The van der Waals surface area contributed by atoms with Gasteiger partial charge < -0.3 is 4.98 Å². The van der Waals surface area contributed by atoms with Gasteiger partial charge in [-0.3, -0.25) is 4.79 Å². The number of benzene rings is 2. The minimum Gasteiger partial charge on any atom is -0.328 e. The van der Waals surface area contributed by atoms with Gasteiger partial charge in [0.1, 0.15) is 0 Å². The van der Waals surface area contributed by atoms with Gasteiger partial charge in [0.05, 0.1) is 11.6 Å². The highest BCUT2D eigenvalue weighted by atomic mass is 16.1. The van der Waals surface area contributed by atoms with E-state index in [0.29, 0.717) is 10.9 Å². The molecule has 0 amide bonds. The lowest BCUT2D eigenvalue weighted by molar-refractivity contribution is 1.28. The van der Waals surface area contributed by atoms with Crippen LogP contribution in [-0.2, 0) is 0 Å². The molecule has 1 N–H and O–H groups in total. The minimum atomic E-state index is -0.140. The average molecular weight is 246 g/mol. The number of hydrogen-bond acceptors (Lipinski definition) is 2. The van der Waals surface area contributed by atoms with Crippen LogP contribution in [-0.4, -0.2) is 4.98 Å². The molecule has 3 heteroatoms. The number of H-pyrrole nitrogens is 1. The first-order valence-electron chi connectivity index (χ1n) is 5.90. The van der Waals surface area contributed by atoms with Gasteiger partial charge in [0.2, 0.25) is 0 Å². The van der Waals surface area contributed by atoms with Gasteiger partial charge in [-0.1, -0.05) is 30.3 Å². The van der Waals surface area contributed by atoms with Crippen molar-refractivity contribution in [3.63, 3.8) is 0 Å². The summed E-state index contributed by atoms with van der Waals surface area (Å²) in [6, 6.07) is 17.0. The highest BCUT2D eigenvalue weighted by molar-refractivity contribution is 5.96. The summed E-state index contributed by atoms with van der Waals surface area (Å²) < 4.78 is 0. The van der Waals surface area contributed by atoms with E-state index in [1.54, 1.807) is 24.4 Å². The Balaban J connectivity index is 2.41. The molecule has 19 heavy (non-hydrogen) atoms. The lowest BCUT2D eigenvalue weighted by Gasteiger charge is -2.06. The van der Waals surface area contributed by atoms with E-state index in [4.69, 9.17) is 5.26 Å². The van der Waals surface area contributed by atoms with Crippen LogP contribution in [0.1, 0.15) is 5.56 Å². The number of hydrogen-bond donors (Lipinski definition) is 1. The Labute approximate surface area is 109 Å². The van der Waals surface area contributed by atoms with Crippen molar-refractivity contribution >= 4 is 10.8 Å². The molecule has 0 radical (unpaired) electrons. The molecule has 0 aliphatic carbocycles. The first-order valence-corrected chi connectivity index (χ1v) is 5.90. The molecule has 0 saturated carbocycles. The summed E-state index contributed by atoms with van der Waals surface area (Å²) in [5, 5.41) is 10.4. The van der Waals surface area contributed by atoms with E-state index in [0.717, 1.165) is 16.5 Å². The monoisotopic (exact) mass is 246 g/mol. The van der Waals surface area contributed by atoms with Crippen LogP contribution < -0.4 is 5.56 Å². The standard InChI is InChI=1S/C16H10N2O/c17-9-11-6-7-13-14(8-11)15(10-18-16(13)19)12-4-2-1-3-5-12/h1-8,10H,(H,18,19). The minimum absolute atomic E-state index is 0.140. The van der Waals surface area contributed by atoms with Crippen molar-refractivity contribution in [1.29, 1.82) is 5.26 Å². The van der Waals surface area contributed by atoms with E-state index >= 15 is 0 Å². The zero-order valence-electron chi connectivity index (χ0n) is 10.1. The van der Waals surface area contributed by atoms with Crippen LogP contribution in [0.3, 0.4) is 0 Å². The largest absolute Gasteiger partial charge is 0.328 e. The zero-order chi connectivity index (χ0) is 13.2. The molecule has 0 fully saturated rings. The normalized spacial score (nSPS) is 10.3. The number of nitrogens with one attached hydrogen (secondary N) is 1. The summed E-state index contributed by atoms with van der Waals surface area (Å²) in [6.07, 6.45) is 1.70. The zero-order valence-corrected chi connectivity index (χ0v) is 10.1. The van der Waals surface area contributed by atoms with E-state index in [1.165, 1.54) is 0 Å². The van der Waals surface area contributed by atoms with Gasteiger partial charge >= 0.3 is 0 Å². The quantitative estimate of drug-likeness (QED) is 0.717. The Kier molecular flexibility index (Phi) is 2.62. The van der Waals surface area contributed by atoms with Crippen molar-refractivity contribution in [2.24, 2.45) is 0 Å². The molecule has 0 aliphatic heterocycles. The van der Waals surface area contributed by atoms with Crippen LogP contribution in [0.25, 0.3) is 21.9 Å². The molecular weight excluding hydrogens is 236 g/mol. The fraction of sp³-hybridized carbons (Fsp3) is 0. The molecule has 0 saturated heterocycles. The third-order valence-electron chi connectivity index (χ3n) is 3.12. The van der Waals surface area contributed by atoms with Crippen LogP contribution in [0.5, 0.6) is 0 Å². The highest BCUT2D eigenvalue weighted by Gasteiger charge is 2.07. The van der Waals surface area contributed by atoms with Gasteiger partial charge in [0.25, 0.3) is 5.56 Å². The predicted octanol–water partition coefficient (Wildman–Crippen LogP) is 3.07. The van der Waals surface area contributed by atoms with E-state index < -0.39 is 0 Å². The Bertz CT molecular complexity index is 842. The second kappa shape index (κ2) is 4.43. The molecule has 90 valence electrons. The molecule has 3 nitrogen and oxygen atoms in total. The van der Waals surface area contributed by atoms with Gasteiger partial charge in [-0.2, -0.15) is 5.26 Å². The third-order valence-corrected chi connectivity index (χ3v) is 3.12. The molecule has 0 spiro atoms. The predicted molar refractivity (Wildman–Crippen MR) is 74.7 cm³/mol. The van der Waals surface area contributed by atoms with Crippen molar-refractivity contribution in [3.8, 4) is 17.2 Å². The van der Waals surface area contributed by atoms with E-state index in [1.807, 2.05) is 30.3 Å². The Morgan fingerprint density at radius 3 is 2.53 bits per heavy atom. The molecule has 0 unspecified atom stereocenters. The maximum Gasteiger partial charge on any atom is 0.255 e. The van der Waals surface area contributed by atoms with Crippen molar-refractivity contribution in [2.45, 2.75) is 0 Å². The summed E-state index contributed by atoms with van der Waals surface area (Å²) in [6.45, 7) is 0. The van der Waals surface area contributed by atoms with Crippen LogP contribution in [0.4, 0.5) is 0 Å². The fourth-order valence-electron chi connectivity index (χ4n) is 2.18. The first-order chi connectivity index (χ1) is 9.29. The molecule has 1 heterocycles. The van der Waals surface area contributed by atoms with Gasteiger partial charge in [0.15, 0.2) is 0 Å². The molecule has 1 aromatic heterocycles. The van der Waals surface area contributed by atoms with Gasteiger partial charge in [-0.05, 0) is 29.1 Å². The molecule has 0 aliphatic rings.